The summed E-state index contributed by atoms with van der Waals surface area (Å²) in [4.78, 5) is 27.0. The van der Waals surface area contributed by atoms with Crippen molar-refractivity contribution in [3.63, 3.8) is 0 Å². The molecule has 0 aromatic heterocycles. The zero-order valence-electron chi connectivity index (χ0n) is 12.3. The first-order chi connectivity index (χ1) is 9.54. The van der Waals surface area contributed by atoms with Crippen LogP contribution in [0.3, 0.4) is 0 Å². The highest BCUT2D eigenvalue weighted by Crippen LogP contribution is 2.32. The first kappa shape index (κ1) is 17.7. The second-order valence-electron chi connectivity index (χ2n) is 5.00. The second-order valence-corrected chi connectivity index (χ2v) is 7.57. The van der Waals surface area contributed by atoms with Crippen LogP contribution < -0.4 is 5.73 Å². The average molecular weight is 319 g/mol. The fraction of sp³-hybridized carbons (Fsp3) is 0.846. The summed E-state index contributed by atoms with van der Waals surface area (Å²) in [5.41, 5.74) is 5.18. The Kier molecular flexibility index (Phi) is 8.40. The van der Waals surface area contributed by atoms with Gasteiger partial charge in [-0.3, -0.25) is 14.5 Å². The summed E-state index contributed by atoms with van der Waals surface area (Å²) < 4.78 is 0. The molecule has 0 radical (unpaired) electrons. The predicted molar refractivity (Wildman–Crippen MR) is 86.6 cm³/mol. The van der Waals surface area contributed by atoms with Crippen molar-refractivity contribution in [2.24, 2.45) is 5.73 Å². The zero-order chi connectivity index (χ0) is 15.0. The quantitative estimate of drug-likeness (QED) is 0.691. The van der Waals surface area contributed by atoms with E-state index in [0.29, 0.717) is 19.5 Å². The fourth-order valence-electron chi connectivity index (χ4n) is 2.03. The molecule has 20 heavy (non-hydrogen) atoms. The minimum Gasteiger partial charge on any atom is -0.369 e. The van der Waals surface area contributed by atoms with E-state index in [4.69, 9.17) is 5.73 Å². The molecule has 1 atom stereocenters. The Hall–Kier alpha value is -0.400. The molecule has 1 rings (SSSR count). The number of primary amides is 1. The van der Waals surface area contributed by atoms with Crippen LogP contribution in [-0.2, 0) is 9.59 Å². The highest BCUT2D eigenvalue weighted by atomic mass is 32.2. The van der Waals surface area contributed by atoms with Crippen LogP contribution in [-0.4, -0.2) is 64.5 Å². The molecule has 0 spiro atoms. The molecule has 0 aromatic rings. The van der Waals surface area contributed by atoms with Gasteiger partial charge in [0.2, 0.25) is 11.8 Å². The third-order valence-electron chi connectivity index (χ3n) is 3.16. The molecule has 2 amide bonds. The molecule has 1 aliphatic heterocycles. The van der Waals surface area contributed by atoms with Crippen molar-refractivity contribution >= 4 is 35.3 Å². The van der Waals surface area contributed by atoms with Crippen molar-refractivity contribution < 1.29 is 9.59 Å². The summed E-state index contributed by atoms with van der Waals surface area (Å²) in [6, 6.07) is 0. The van der Waals surface area contributed by atoms with Crippen molar-refractivity contribution in [3.05, 3.63) is 0 Å². The van der Waals surface area contributed by atoms with E-state index in [1.165, 1.54) is 0 Å². The van der Waals surface area contributed by atoms with Crippen LogP contribution in [0.4, 0.5) is 0 Å². The van der Waals surface area contributed by atoms with Crippen LogP contribution in [0.5, 0.6) is 0 Å². The molecular weight excluding hydrogens is 294 g/mol. The molecule has 116 valence electrons. The molecule has 0 saturated carbocycles. The summed E-state index contributed by atoms with van der Waals surface area (Å²) in [5, 5.41) is 1.34. The summed E-state index contributed by atoms with van der Waals surface area (Å²) in [6.07, 6.45) is 2.60. The average Bonchev–Trinajstić information content (AvgIpc) is 2.89. The molecule has 1 fully saturated rings. The van der Waals surface area contributed by atoms with E-state index < -0.39 is 0 Å². The fourth-order valence-corrected chi connectivity index (χ4v) is 4.88. The van der Waals surface area contributed by atoms with E-state index in [0.717, 1.165) is 23.7 Å². The van der Waals surface area contributed by atoms with Gasteiger partial charge in [0.25, 0.3) is 0 Å². The molecule has 2 N–H and O–H groups in total. The molecule has 1 aliphatic rings. The van der Waals surface area contributed by atoms with Gasteiger partial charge in [0.15, 0.2) is 0 Å². The SMILES string of the molecule is CCCCC(=O)N(CCN(C)CC(N)=O)[C@H]1CSCS1. The Balaban J connectivity index is 2.49. The van der Waals surface area contributed by atoms with Gasteiger partial charge in [-0.25, -0.2) is 0 Å². The highest BCUT2D eigenvalue weighted by Gasteiger charge is 2.27. The Morgan fingerprint density at radius 1 is 1.35 bits per heavy atom. The Morgan fingerprint density at radius 3 is 2.65 bits per heavy atom. The number of hydrogen-bond acceptors (Lipinski definition) is 5. The van der Waals surface area contributed by atoms with Gasteiger partial charge >= 0.3 is 0 Å². The molecule has 0 bridgehead atoms. The van der Waals surface area contributed by atoms with Gasteiger partial charge in [-0.2, -0.15) is 0 Å². The highest BCUT2D eigenvalue weighted by molar-refractivity contribution is 8.19. The van der Waals surface area contributed by atoms with E-state index in [9.17, 15) is 9.59 Å². The van der Waals surface area contributed by atoms with E-state index in [-0.39, 0.29) is 23.7 Å². The minimum atomic E-state index is -0.331. The number of hydrogen-bond donors (Lipinski definition) is 1. The van der Waals surface area contributed by atoms with Crippen LogP contribution in [0.25, 0.3) is 0 Å². The van der Waals surface area contributed by atoms with Gasteiger partial charge in [0.05, 0.1) is 11.9 Å². The maximum Gasteiger partial charge on any atom is 0.231 e. The van der Waals surface area contributed by atoms with E-state index in [2.05, 4.69) is 6.92 Å². The molecule has 0 aromatic carbocycles. The summed E-state index contributed by atoms with van der Waals surface area (Å²) in [5.74, 6) is 0.906. The van der Waals surface area contributed by atoms with Gasteiger partial charge in [-0.15, -0.1) is 23.5 Å². The van der Waals surface area contributed by atoms with Crippen LogP contribution in [0, 0.1) is 0 Å². The lowest BCUT2D eigenvalue weighted by atomic mass is 10.2. The maximum atomic E-state index is 12.3. The lowest BCUT2D eigenvalue weighted by Gasteiger charge is -2.29. The number of thioether (sulfide) groups is 2. The standard InChI is InChI=1S/C13H25N3O2S2/c1-3-4-5-12(18)16(13-9-19-10-20-13)7-6-15(2)8-11(14)17/h13H,3-10H2,1-2H3,(H2,14,17)/t13-/m1/s1. The van der Waals surface area contributed by atoms with Crippen molar-refractivity contribution in [2.45, 2.75) is 31.6 Å². The Morgan fingerprint density at radius 2 is 2.10 bits per heavy atom. The van der Waals surface area contributed by atoms with E-state index >= 15 is 0 Å². The number of nitrogens with zero attached hydrogens (tertiary/aromatic N) is 2. The normalized spacial score (nSPS) is 18.4. The number of amides is 2. The lowest BCUT2D eigenvalue weighted by molar-refractivity contribution is -0.131. The Labute approximate surface area is 130 Å². The van der Waals surface area contributed by atoms with Gasteiger partial charge in [0, 0.05) is 30.3 Å². The van der Waals surface area contributed by atoms with Crippen LogP contribution >= 0.6 is 23.5 Å². The first-order valence-corrected chi connectivity index (χ1v) is 9.20. The van der Waals surface area contributed by atoms with Crippen molar-refractivity contribution in [1.29, 1.82) is 0 Å². The molecule has 0 aliphatic carbocycles. The second kappa shape index (κ2) is 9.52. The topological polar surface area (TPSA) is 66.6 Å². The van der Waals surface area contributed by atoms with Crippen LogP contribution in [0.15, 0.2) is 0 Å². The summed E-state index contributed by atoms with van der Waals surface area (Å²) >= 11 is 3.71. The van der Waals surface area contributed by atoms with Gasteiger partial charge in [0.1, 0.15) is 0 Å². The van der Waals surface area contributed by atoms with E-state index in [1.807, 2.05) is 40.4 Å². The molecular formula is C13H25N3O2S2. The Bertz CT molecular complexity index is 323. The largest absolute Gasteiger partial charge is 0.369 e. The van der Waals surface area contributed by atoms with Crippen molar-refractivity contribution in [1.82, 2.24) is 9.80 Å². The van der Waals surface area contributed by atoms with Gasteiger partial charge in [-0.05, 0) is 13.5 Å². The van der Waals surface area contributed by atoms with Gasteiger partial charge < -0.3 is 10.6 Å². The number of unbranched alkanes of at least 4 members (excludes halogenated alkanes) is 1. The third-order valence-corrected chi connectivity index (χ3v) is 5.94. The summed E-state index contributed by atoms with van der Waals surface area (Å²) in [6.45, 7) is 3.69. The molecule has 0 unspecified atom stereocenters. The lowest BCUT2D eigenvalue weighted by Crippen LogP contribution is -2.44. The number of rotatable bonds is 9. The first-order valence-electron chi connectivity index (χ1n) is 7.00. The summed E-state index contributed by atoms with van der Waals surface area (Å²) in [7, 11) is 1.86. The van der Waals surface area contributed by atoms with Crippen molar-refractivity contribution in [2.75, 3.05) is 37.5 Å². The third kappa shape index (κ3) is 6.37. The molecule has 1 heterocycles. The molecule has 1 saturated heterocycles. The van der Waals surface area contributed by atoms with Crippen LogP contribution in [0.1, 0.15) is 26.2 Å². The van der Waals surface area contributed by atoms with E-state index in [1.54, 1.807) is 0 Å². The minimum absolute atomic E-state index is 0.235. The molecule has 7 heteroatoms. The number of nitrogens with two attached hydrogens (primary N) is 1. The number of likely N-dealkylation sites (N-methyl/N-ethyl adjacent to an activating group) is 1. The maximum absolute atomic E-state index is 12.3. The van der Waals surface area contributed by atoms with Crippen LogP contribution in [0.2, 0.25) is 0 Å². The molecule has 5 nitrogen and oxygen atoms in total. The predicted octanol–water partition coefficient (Wildman–Crippen LogP) is 1.19. The number of carbonyl (C=O) groups excluding carboxylic acids is 2. The smallest absolute Gasteiger partial charge is 0.231 e. The van der Waals surface area contributed by atoms with Crippen molar-refractivity contribution in [3.8, 4) is 0 Å². The number of carbonyl (C=O) groups is 2. The van der Waals surface area contributed by atoms with Gasteiger partial charge in [-0.1, -0.05) is 13.3 Å². The monoisotopic (exact) mass is 319 g/mol. The zero-order valence-corrected chi connectivity index (χ0v) is 14.0.